The molecular formula is C10H8ClF3N2. The monoisotopic (exact) mass is 248 g/mol. The first-order chi connectivity index (χ1) is 7.45. The van der Waals surface area contributed by atoms with E-state index in [1.54, 1.807) is 0 Å². The number of aromatic amines is 1. The van der Waals surface area contributed by atoms with Crippen LogP contribution in [0.25, 0.3) is 10.9 Å². The van der Waals surface area contributed by atoms with Crippen LogP contribution in [0.15, 0.2) is 18.3 Å². The number of alkyl halides is 3. The molecule has 0 saturated heterocycles. The molecule has 0 amide bonds. The molecule has 0 radical (unpaired) electrons. The quantitative estimate of drug-likeness (QED) is 0.799. The van der Waals surface area contributed by atoms with E-state index in [-0.39, 0.29) is 22.5 Å². The first kappa shape index (κ1) is 11.3. The number of H-pyrrole nitrogens is 1. The van der Waals surface area contributed by atoms with E-state index in [0.29, 0.717) is 5.56 Å². The predicted molar refractivity (Wildman–Crippen MR) is 56.2 cm³/mol. The molecule has 0 fully saturated rings. The Balaban J connectivity index is 2.84. The number of nitrogens with two attached hydrogens (primary N) is 1. The van der Waals surface area contributed by atoms with E-state index in [9.17, 15) is 13.2 Å². The smallest absolute Gasteiger partial charge is 0.360 e. The molecule has 0 bridgehead atoms. The van der Waals surface area contributed by atoms with E-state index in [0.717, 1.165) is 6.07 Å². The minimum Gasteiger partial charge on any atom is -0.360 e. The second-order valence-corrected chi connectivity index (χ2v) is 3.77. The molecule has 6 heteroatoms. The van der Waals surface area contributed by atoms with Crippen LogP contribution in [-0.2, 0) is 12.7 Å². The maximum Gasteiger partial charge on any atom is 0.417 e. The Labute approximate surface area is 94.2 Å². The average molecular weight is 249 g/mol. The van der Waals surface area contributed by atoms with Gasteiger partial charge in [-0.05, 0) is 17.7 Å². The van der Waals surface area contributed by atoms with E-state index in [1.165, 1.54) is 12.3 Å². The summed E-state index contributed by atoms with van der Waals surface area (Å²) in [5.41, 5.74) is 5.36. The molecule has 86 valence electrons. The van der Waals surface area contributed by atoms with Crippen LogP contribution in [0.4, 0.5) is 13.2 Å². The molecule has 0 aliphatic rings. The zero-order valence-corrected chi connectivity index (χ0v) is 8.78. The lowest BCUT2D eigenvalue weighted by molar-refractivity contribution is -0.136. The number of fused-ring (bicyclic) bond motifs is 1. The lowest BCUT2D eigenvalue weighted by Gasteiger charge is -2.10. The number of benzene rings is 1. The van der Waals surface area contributed by atoms with E-state index in [1.807, 2.05) is 0 Å². The van der Waals surface area contributed by atoms with Crippen LogP contribution in [-0.4, -0.2) is 4.98 Å². The van der Waals surface area contributed by atoms with Crippen LogP contribution < -0.4 is 5.73 Å². The highest BCUT2D eigenvalue weighted by molar-refractivity contribution is 6.35. The molecule has 1 aromatic carbocycles. The third-order valence-corrected chi connectivity index (χ3v) is 2.71. The maximum absolute atomic E-state index is 12.7. The van der Waals surface area contributed by atoms with Gasteiger partial charge in [-0.25, -0.2) is 0 Å². The number of halogens is 4. The molecule has 0 aliphatic heterocycles. The fourth-order valence-electron chi connectivity index (χ4n) is 1.68. The van der Waals surface area contributed by atoms with Crippen molar-refractivity contribution in [1.82, 2.24) is 4.98 Å². The van der Waals surface area contributed by atoms with Gasteiger partial charge in [0.15, 0.2) is 0 Å². The van der Waals surface area contributed by atoms with Gasteiger partial charge in [0.1, 0.15) is 0 Å². The molecule has 2 rings (SSSR count). The third kappa shape index (κ3) is 1.66. The van der Waals surface area contributed by atoms with Crippen molar-refractivity contribution in [3.05, 3.63) is 34.5 Å². The zero-order chi connectivity index (χ0) is 11.9. The fraction of sp³-hybridized carbons (Fsp3) is 0.200. The van der Waals surface area contributed by atoms with Gasteiger partial charge in [-0.15, -0.1) is 0 Å². The van der Waals surface area contributed by atoms with Crippen LogP contribution >= 0.6 is 11.6 Å². The van der Waals surface area contributed by atoms with Gasteiger partial charge < -0.3 is 10.7 Å². The lowest BCUT2D eigenvalue weighted by atomic mass is 10.1. The largest absolute Gasteiger partial charge is 0.417 e. The summed E-state index contributed by atoms with van der Waals surface area (Å²) in [6.07, 6.45) is -2.96. The highest BCUT2D eigenvalue weighted by Gasteiger charge is 2.34. The van der Waals surface area contributed by atoms with Crippen LogP contribution in [0.1, 0.15) is 11.1 Å². The minimum absolute atomic E-state index is 0.0312. The summed E-state index contributed by atoms with van der Waals surface area (Å²) in [6.45, 7) is 0.0312. The normalized spacial score (nSPS) is 12.3. The molecule has 3 N–H and O–H groups in total. The van der Waals surface area contributed by atoms with Gasteiger partial charge in [0.2, 0.25) is 0 Å². The Hall–Kier alpha value is -1.20. The molecule has 0 unspecified atom stereocenters. The third-order valence-electron chi connectivity index (χ3n) is 2.39. The van der Waals surface area contributed by atoms with Gasteiger partial charge >= 0.3 is 6.18 Å². The van der Waals surface area contributed by atoms with E-state index in [2.05, 4.69) is 4.98 Å². The van der Waals surface area contributed by atoms with Crippen molar-refractivity contribution in [3.63, 3.8) is 0 Å². The molecule has 1 heterocycles. The number of rotatable bonds is 1. The standard InChI is InChI=1S/C10H8ClF3N2/c11-7-2-1-6(10(12,13)14)8-5(3-15)4-16-9(7)8/h1-2,4,16H,3,15H2. The Bertz CT molecular complexity index is 531. The van der Waals surface area contributed by atoms with E-state index < -0.39 is 11.7 Å². The minimum atomic E-state index is -4.41. The van der Waals surface area contributed by atoms with Gasteiger partial charge in [-0.1, -0.05) is 11.6 Å². The van der Waals surface area contributed by atoms with Crippen LogP contribution in [0, 0.1) is 0 Å². The zero-order valence-electron chi connectivity index (χ0n) is 8.03. The number of aromatic nitrogens is 1. The van der Waals surface area contributed by atoms with Crippen molar-refractivity contribution < 1.29 is 13.2 Å². The Morgan fingerprint density at radius 3 is 2.56 bits per heavy atom. The summed E-state index contributed by atoms with van der Waals surface area (Å²) in [6, 6.07) is 2.20. The molecule has 0 saturated carbocycles. The van der Waals surface area contributed by atoms with E-state index in [4.69, 9.17) is 17.3 Å². The van der Waals surface area contributed by atoms with Crippen LogP contribution in [0.2, 0.25) is 5.02 Å². The summed E-state index contributed by atoms with van der Waals surface area (Å²) in [7, 11) is 0. The molecule has 1 aromatic heterocycles. The van der Waals surface area contributed by atoms with Crippen LogP contribution in [0.3, 0.4) is 0 Å². The fourth-order valence-corrected chi connectivity index (χ4v) is 1.89. The molecular weight excluding hydrogens is 241 g/mol. The molecule has 2 aromatic rings. The first-order valence-electron chi connectivity index (χ1n) is 4.51. The Morgan fingerprint density at radius 2 is 2.00 bits per heavy atom. The van der Waals surface area contributed by atoms with Crippen molar-refractivity contribution in [1.29, 1.82) is 0 Å². The Morgan fingerprint density at radius 1 is 1.31 bits per heavy atom. The molecule has 0 atom stereocenters. The lowest BCUT2D eigenvalue weighted by Crippen LogP contribution is -2.07. The first-order valence-corrected chi connectivity index (χ1v) is 4.88. The summed E-state index contributed by atoms with van der Waals surface area (Å²) in [5.74, 6) is 0. The van der Waals surface area contributed by atoms with Crippen molar-refractivity contribution in [2.75, 3.05) is 0 Å². The summed E-state index contributed by atoms with van der Waals surface area (Å²) in [4.78, 5) is 2.71. The summed E-state index contributed by atoms with van der Waals surface area (Å²) >= 11 is 5.81. The number of hydrogen-bond acceptors (Lipinski definition) is 1. The van der Waals surface area contributed by atoms with Crippen molar-refractivity contribution in [2.45, 2.75) is 12.7 Å². The SMILES string of the molecule is NCc1c[nH]c2c(Cl)ccc(C(F)(F)F)c12. The van der Waals surface area contributed by atoms with Gasteiger partial charge in [-0.3, -0.25) is 0 Å². The summed E-state index contributed by atoms with van der Waals surface area (Å²) in [5, 5.41) is 0.310. The van der Waals surface area contributed by atoms with E-state index >= 15 is 0 Å². The Kier molecular flexibility index (Phi) is 2.59. The van der Waals surface area contributed by atoms with Crippen LogP contribution in [0.5, 0.6) is 0 Å². The molecule has 16 heavy (non-hydrogen) atoms. The van der Waals surface area contributed by atoms with Gasteiger partial charge in [0.25, 0.3) is 0 Å². The van der Waals surface area contributed by atoms with Gasteiger partial charge in [0.05, 0.1) is 16.1 Å². The average Bonchev–Trinajstić information content (AvgIpc) is 2.60. The predicted octanol–water partition coefficient (Wildman–Crippen LogP) is 3.30. The summed E-state index contributed by atoms with van der Waals surface area (Å²) < 4.78 is 38.2. The number of nitrogens with one attached hydrogen (secondary N) is 1. The highest BCUT2D eigenvalue weighted by Crippen LogP contribution is 2.38. The molecule has 0 aliphatic carbocycles. The second-order valence-electron chi connectivity index (χ2n) is 3.36. The van der Waals surface area contributed by atoms with Crippen molar-refractivity contribution in [3.8, 4) is 0 Å². The van der Waals surface area contributed by atoms with Gasteiger partial charge in [0, 0.05) is 18.1 Å². The highest BCUT2D eigenvalue weighted by atomic mass is 35.5. The second kappa shape index (κ2) is 3.68. The topological polar surface area (TPSA) is 41.8 Å². The molecule has 0 spiro atoms. The maximum atomic E-state index is 12.7. The van der Waals surface area contributed by atoms with Crippen molar-refractivity contribution in [2.24, 2.45) is 5.73 Å². The molecule has 2 nitrogen and oxygen atoms in total. The number of hydrogen-bond donors (Lipinski definition) is 2. The van der Waals surface area contributed by atoms with Gasteiger partial charge in [-0.2, -0.15) is 13.2 Å². The van der Waals surface area contributed by atoms with Crippen molar-refractivity contribution >= 4 is 22.5 Å².